The van der Waals surface area contributed by atoms with Gasteiger partial charge < -0.3 is 10.7 Å². The van der Waals surface area contributed by atoms with E-state index < -0.39 is 17.3 Å². The van der Waals surface area contributed by atoms with E-state index in [1.807, 2.05) is 0 Å². The number of rotatable bonds is 2. The second-order valence-electron chi connectivity index (χ2n) is 4.15. The van der Waals surface area contributed by atoms with E-state index in [-0.39, 0.29) is 22.3 Å². The number of aromatic nitrogens is 3. The van der Waals surface area contributed by atoms with Crippen LogP contribution in [0.15, 0.2) is 41.3 Å². The molecule has 3 aromatic rings. The third-order valence-corrected chi connectivity index (χ3v) is 2.92. The molecule has 1 amide bonds. The predicted octanol–water partition coefficient (Wildman–Crippen LogP) is 0.952. The Morgan fingerprint density at radius 2 is 2.05 bits per heavy atom. The van der Waals surface area contributed by atoms with Crippen LogP contribution in [0.2, 0.25) is 0 Å². The second kappa shape index (κ2) is 4.30. The summed E-state index contributed by atoms with van der Waals surface area (Å²) in [6.45, 7) is 0. The van der Waals surface area contributed by atoms with Crippen LogP contribution in [0.5, 0.6) is 0 Å². The van der Waals surface area contributed by atoms with Gasteiger partial charge in [0.15, 0.2) is 5.69 Å². The molecule has 2 heterocycles. The Hall–Kier alpha value is -2.96. The number of para-hydroxylation sites is 1. The van der Waals surface area contributed by atoms with Gasteiger partial charge in [0.25, 0.3) is 11.5 Å². The molecular weight excluding hydrogens is 263 g/mol. The second-order valence-corrected chi connectivity index (χ2v) is 4.15. The number of H-pyrrole nitrogens is 1. The number of nitrogens with zero attached hydrogens (tertiary/aromatic N) is 2. The molecule has 0 saturated carbocycles. The summed E-state index contributed by atoms with van der Waals surface area (Å²) in [5.41, 5.74) is 4.80. The molecular formula is C13H9FN4O2. The molecule has 0 unspecified atom stereocenters. The SMILES string of the molecule is NC(=O)c1nn(-c2ccccc2F)c(=O)c2cc[nH]c12. The lowest BCUT2D eigenvalue weighted by Crippen LogP contribution is -2.27. The Balaban J connectivity index is 2.43. The van der Waals surface area contributed by atoms with Crippen molar-refractivity contribution in [2.24, 2.45) is 5.73 Å². The zero-order valence-corrected chi connectivity index (χ0v) is 10.1. The highest BCUT2D eigenvalue weighted by atomic mass is 19.1. The molecule has 3 rings (SSSR count). The normalized spacial score (nSPS) is 10.8. The standard InChI is InChI=1S/C13H9FN4O2/c14-8-3-1-2-4-9(8)18-13(20)7-5-6-16-10(7)11(17-18)12(15)19/h1-6,16H,(H2,15,19). The van der Waals surface area contributed by atoms with E-state index in [1.165, 1.54) is 30.5 Å². The van der Waals surface area contributed by atoms with E-state index in [4.69, 9.17) is 5.73 Å². The van der Waals surface area contributed by atoms with Crippen molar-refractivity contribution in [3.8, 4) is 5.69 Å². The molecule has 0 radical (unpaired) electrons. The summed E-state index contributed by atoms with van der Waals surface area (Å²) in [5.74, 6) is -1.42. The number of aromatic amines is 1. The molecule has 7 heteroatoms. The Morgan fingerprint density at radius 3 is 2.75 bits per heavy atom. The minimum atomic E-state index is -0.803. The van der Waals surface area contributed by atoms with Gasteiger partial charge in [0, 0.05) is 6.20 Å². The van der Waals surface area contributed by atoms with Crippen molar-refractivity contribution in [1.82, 2.24) is 14.8 Å². The van der Waals surface area contributed by atoms with E-state index in [0.717, 1.165) is 4.68 Å². The number of halogens is 1. The highest BCUT2D eigenvalue weighted by Crippen LogP contribution is 2.14. The summed E-state index contributed by atoms with van der Waals surface area (Å²) in [5, 5.41) is 4.08. The number of nitrogens with two attached hydrogens (primary N) is 1. The van der Waals surface area contributed by atoms with Crippen molar-refractivity contribution in [2.45, 2.75) is 0 Å². The van der Waals surface area contributed by atoms with Crippen LogP contribution in [-0.2, 0) is 0 Å². The third-order valence-electron chi connectivity index (χ3n) is 2.92. The van der Waals surface area contributed by atoms with Crippen LogP contribution in [-0.4, -0.2) is 20.7 Å². The van der Waals surface area contributed by atoms with Crippen LogP contribution in [0.4, 0.5) is 4.39 Å². The maximum atomic E-state index is 13.8. The smallest absolute Gasteiger partial charge is 0.281 e. The Bertz CT molecular complexity index is 881. The fourth-order valence-corrected chi connectivity index (χ4v) is 2.01. The summed E-state index contributed by atoms with van der Waals surface area (Å²) in [6, 6.07) is 7.15. The number of carbonyl (C=O) groups is 1. The monoisotopic (exact) mass is 272 g/mol. The molecule has 0 atom stereocenters. The maximum absolute atomic E-state index is 13.8. The van der Waals surface area contributed by atoms with Gasteiger partial charge in [0.05, 0.1) is 10.9 Å². The average molecular weight is 272 g/mol. The van der Waals surface area contributed by atoms with Gasteiger partial charge in [-0.1, -0.05) is 12.1 Å². The molecule has 2 aromatic heterocycles. The molecule has 100 valence electrons. The van der Waals surface area contributed by atoms with Gasteiger partial charge in [-0.3, -0.25) is 9.59 Å². The van der Waals surface area contributed by atoms with Crippen molar-refractivity contribution in [1.29, 1.82) is 0 Å². The van der Waals surface area contributed by atoms with E-state index in [9.17, 15) is 14.0 Å². The first-order valence-corrected chi connectivity index (χ1v) is 5.74. The predicted molar refractivity (Wildman–Crippen MR) is 70.2 cm³/mol. The van der Waals surface area contributed by atoms with Crippen molar-refractivity contribution >= 4 is 16.8 Å². The van der Waals surface area contributed by atoms with Gasteiger partial charge in [0.1, 0.15) is 11.5 Å². The number of benzene rings is 1. The molecule has 1 aromatic carbocycles. The van der Waals surface area contributed by atoms with E-state index in [0.29, 0.717) is 0 Å². The van der Waals surface area contributed by atoms with E-state index in [2.05, 4.69) is 10.1 Å². The quantitative estimate of drug-likeness (QED) is 0.727. The summed E-state index contributed by atoms with van der Waals surface area (Å²) in [4.78, 5) is 26.4. The van der Waals surface area contributed by atoms with Crippen molar-refractivity contribution in [3.63, 3.8) is 0 Å². The molecule has 0 aliphatic heterocycles. The summed E-state index contributed by atoms with van der Waals surface area (Å²) < 4.78 is 14.6. The van der Waals surface area contributed by atoms with Crippen LogP contribution in [0.3, 0.4) is 0 Å². The Kier molecular flexibility index (Phi) is 2.60. The Labute approximate surface area is 111 Å². The fraction of sp³-hybridized carbons (Fsp3) is 0. The van der Waals surface area contributed by atoms with Crippen LogP contribution < -0.4 is 11.3 Å². The molecule has 0 aliphatic carbocycles. The maximum Gasteiger partial charge on any atom is 0.281 e. The largest absolute Gasteiger partial charge is 0.364 e. The van der Waals surface area contributed by atoms with Gasteiger partial charge in [-0.05, 0) is 18.2 Å². The van der Waals surface area contributed by atoms with Gasteiger partial charge >= 0.3 is 0 Å². The lowest BCUT2D eigenvalue weighted by atomic mass is 10.2. The zero-order valence-electron chi connectivity index (χ0n) is 10.1. The minimum absolute atomic E-state index is 0.0388. The average Bonchev–Trinajstić information content (AvgIpc) is 2.90. The molecule has 0 fully saturated rings. The molecule has 3 N–H and O–H groups in total. The fourth-order valence-electron chi connectivity index (χ4n) is 2.01. The van der Waals surface area contributed by atoms with Gasteiger partial charge in [-0.25, -0.2) is 4.39 Å². The van der Waals surface area contributed by atoms with Crippen LogP contribution in [0.25, 0.3) is 16.6 Å². The molecule has 0 bridgehead atoms. The van der Waals surface area contributed by atoms with Gasteiger partial charge in [-0.15, -0.1) is 0 Å². The Morgan fingerprint density at radius 1 is 1.30 bits per heavy atom. The number of primary amides is 1. The number of nitrogens with one attached hydrogen (secondary N) is 1. The molecule has 6 nitrogen and oxygen atoms in total. The number of hydrogen-bond acceptors (Lipinski definition) is 3. The van der Waals surface area contributed by atoms with Crippen LogP contribution >= 0.6 is 0 Å². The molecule has 0 spiro atoms. The molecule has 0 saturated heterocycles. The summed E-state index contributed by atoms with van der Waals surface area (Å²) >= 11 is 0. The number of carbonyl (C=O) groups excluding carboxylic acids is 1. The van der Waals surface area contributed by atoms with E-state index in [1.54, 1.807) is 6.07 Å². The van der Waals surface area contributed by atoms with Crippen molar-refractivity contribution in [3.05, 3.63) is 58.4 Å². The topological polar surface area (TPSA) is 93.8 Å². The van der Waals surface area contributed by atoms with Crippen molar-refractivity contribution in [2.75, 3.05) is 0 Å². The molecule has 0 aliphatic rings. The summed E-state index contributed by atoms with van der Waals surface area (Å²) in [7, 11) is 0. The number of hydrogen-bond donors (Lipinski definition) is 2. The first kappa shape index (κ1) is 12.1. The highest BCUT2D eigenvalue weighted by Gasteiger charge is 2.17. The third kappa shape index (κ3) is 1.68. The lowest BCUT2D eigenvalue weighted by molar-refractivity contribution is 0.0995. The summed E-state index contributed by atoms with van der Waals surface area (Å²) in [6.07, 6.45) is 1.49. The number of amides is 1. The first-order valence-electron chi connectivity index (χ1n) is 5.74. The molecule has 20 heavy (non-hydrogen) atoms. The van der Waals surface area contributed by atoms with Crippen LogP contribution in [0.1, 0.15) is 10.5 Å². The first-order chi connectivity index (χ1) is 9.59. The van der Waals surface area contributed by atoms with E-state index >= 15 is 0 Å². The van der Waals surface area contributed by atoms with Gasteiger partial charge in [0.2, 0.25) is 0 Å². The highest BCUT2D eigenvalue weighted by molar-refractivity contribution is 6.02. The van der Waals surface area contributed by atoms with Gasteiger partial charge in [-0.2, -0.15) is 9.78 Å². The number of fused-ring (bicyclic) bond motifs is 1. The lowest BCUT2D eigenvalue weighted by Gasteiger charge is -2.07. The zero-order chi connectivity index (χ0) is 14.3. The van der Waals surface area contributed by atoms with Crippen LogP contribution in [0, 0.1) is 5.82 Å². The van der Waals surface area contributed by atoms with Crippen molar-refractivity contribution < 1.29 is 9.18 Å². The minimum Gasteiger partial charge on any atom is -0.364 e.